The van der Waals surface area contributed by atoms with Crippen LogP contribution < -0.4 is 5.32 Å². The first-order valence-corrected chi connectivity index (χ1v) is 8.57. The van der Waals surface area contributed by atoms with Crippen LogP contribution in [0.4, 0.5) is 0 Å². The molecule has 0 aromatic rings. The summed E-state index contributed by atoms with van der Waals surface area (Å²) in [4.78, 5) is 13.7. The topological polar surface area (TPSA) is 75.7 Å². The fourth-order valence-corrected chi connectivity index (χ4v) is 4.33. The van der Waals surface area contributed by atoms with E-state index in [1.165, 1.54) is 7.11 Å². The number of nitrogens with zero attached hydrogens (tertiary/aromatic N) is 1. The second-order valence-electron chi connectivity index (χ2n) is 5.36. The van der Waals surface area contributed by atoms with Crippen LogP contribution in [-0.4, -0.2) is 70.1 Å². The number of piperidine rings is 1. The number of hydrogen-bond donors (Lipinski definition) is 1. The van der Waals surface area contributed by atoms with E-state index in [0.29, 0.717) is 12.5 Å². The van der Waals surface area contributed by atoms with Gasteiger partial charge in [0.2, 0.25) is 0 Å². The van der Waals surface area contributed by atoms with Crippen molar-refractivity contribution in [3.05, 3.63) is 0 Å². The maximum atomic E-state index is 11.8. The van der Waals surface area contributed by atoms with Crippen molar-refractivity contribution in [2.75, 3.05) is 44.8 Å². The molecule has 2 rings (SSSR count). The number of rotatable bonds is 3. The molecule has 6 nitrogen and oxygen atoms in total. The van der Waals surface area contributed by atoms with Crippen LogP contribution in [-0.2, 0) is 19.4 Å². The van der Waals surface area contributed by atoms with E-state index < -0.39 is 21.8 Å². The number of nitrogens with one attached hydrogen (secondary N) is 1. The van der Waals surface area contributed by atoms with Crippen LogP contribution in [0.15, 0.2) is 0 Å². The smallest absolute Gasteiger partial charge is 0.324 e. The van der Waals surface area contributed by atoms with Crippen molar-refractivity contribution >= 4 is 15.8 Å². The lowest BCUT2D eigenvalue weighted by atomic mass is 9.98. The minimum absolute atomic E-state index is 0.111. The third-order valence-corrected chi connectivity index (χ3v) is 5.54. The molecular formula is C12H22N2O4S. The Morgan fingerprint density at radius 2 is 2.26 bits per heavy atom. The molecule has 0 amide bonds. The molecule has 2 aliphatic heterocycles. The number of methoxy groups -OCH3 is 1. The van der Waals surface area contributed by atoms with E-state index in [1.54, 1.807) is 0 Å². The summed E-state index contributed by atoms with van der Waals surface area (Å²) in [7, 11) is -1.81. The summed E-state index contributed by atoms with van der Waals surface area (Å²) in [5, 5.41) is 3.34. The van der Waals surface area contributed by atoms with Gasteiger partial charge in [0.25, 0.3) is 0 Å². The summed E-state index contributed by atoms with van der Waals surface area (Å²) >= 11 is 0. The zero-order valence-corrected chi connectivity index (χ0v) is 12.1. The highest BCUT2D eigenvalue weighted by atomic mass is 32.2. The summed E-state index contributed by atoms with van der Waals surface area (Å²) in [5.74, 6) is 0.0780. The van der Waals surface area contributed by atoms with Crippen LogP contribution in [0.3, 0.4) is 0 Å². The van der Waals surface area contributed by atoms with Crippen LogP contribution in [0, 0.1) is 5.92 Å². The van der Waals surface area contributed by atoms with Crippen molar-refractivity contribution in [1.29, 1.82) is 0 Å². The molecule has 0 aromatic carbocycles. The minimum atomic E-state index is -3.12. The third kappa shape index (κ3) is 3.90. The first-order chi connectivity index (χ1) is 9.02. The van der Waals surface area contributed by atoms with Crippen molar-refractivity contribution in [2.24, 2.45) is 5.92 Å². The molecule has 0 spiro atoms. The van der Waals surface area contributed by atoms with E-state index in [9.17, 15) is 13.2 Å². The quantitative estimate of drug-likeness (QED) is 0.690. The molecule has 0 aromatic heterocycles. The molecule has 110 valence electrons. The highest BCUT2D eigenvalue weighted by molar-refractivity contribution is 7.91. The van der Waals surface area contributed by atoms with E-state index in [-0.39, 0.29) is 11.5 Å². The second kappa shape index (κ2) is 6.19. The van der Waals surface area contributed by atoms with E-state index >= 15 is 0 Å². The van der Waals surface area contributed by atoms with Gasteiger partial charge >= 0.3 is 5.97 Å². The van der Waals surface area contributed by atoms with Gasteiger partial charge in [-0.25, -0.2) is 8.42 Å². The van der Waals surface area contributed by atoms with Crippen molar-refractivity contribution in [2.45, 2.75) is 18.9 Å². The molecule has 0 saturated carbocycles. The van der Waals surface area contributed by atoms with E-state index in [0.717, 1.165) is 32.5 Å². The number of sulfone groups is 1. The minimum Gasteiger partial charge on any atom is -0.468 e. The Balaban J connectivity index is 2.02. The Labute approximate surface area is 114 Å². The van der Waals surface area contributed by atoms with Crippen molar-refractivity contribution in [3.63, 3.8) is 0 Å². The van der Waals surface area contributed by atoms with Crippen molar-refractivity contribution in [1.82, 2.24) is 10.2 Å². The molecule has 2 atom stereocenters. The van der Waals surface area contributed by atoms with Crippen molar-refractivity contribution < 1.29 is 17.9 Å². The number of carbonyl (C=O) groups excluding carboxylic acids is 1. The number of carbonyl (C=O) groups is 1. The zero-order chi connectivity index (χ0) is 13.9. The molecule has 0 aliphatic carbocycles. The molecule has 2 saturated heterocycles. The zero-order valence-electron chi connectivity index (χ0n) is 11.3. The van der Waals surface area contributed by atoms with Gasteiger partial charge in [0.15, 0.2) is 9.84 Å². The molecule has 0 radical (unpaired) electrons. The summed E-state index contributed by atoms with van der Waals surface area (Å²) in [6, 6.07) is -0.634. The first kappa shape index (κ1) is 14.7. The van der Waals surface area contributed by atoms with Gasteiger partial charge in [0.1, 0.15) is 6.04 Å². The van der Waals surface area contributed by atoms with Crippen molar-refractivity contribution in [3.8, 4) is 0 Å². The summed E-state index contributed by atoms with van der Waals surface area (Å²) in [6.45, 7) is 3.18. The lowest BCUT2D eigenvalue weighted by molar-refractivity contribution is -0.146. The van der Waals surface area contributed by atoms with Crippen LogP contribution in [0.25, 0.3) is 0 Å². The highest BCUT2D eigenvalue weighted by Crippen LogP contribution is 2.18. The van der Waals surface area contributed by atoms with Crippen LogP contribution in [0.5, 0.6) is 0 Å². The number of esters is 1. The number of ether oxygens (including phenoxy) is 1. The molecule has 2 aliphatic rings. The molecule has 1 N–H and O–H groups in total. The molecule has 7 heteroatoms. The standard InChI is InChI=1S/C12H22N2O4S/c1-18-12(15)11-9-19(16,17)6-5-14(11)8-10-3-2-4-13-7-10/h10-11,13H,2-9H2,1H3/t10?,11-/m0/s1. The Hall–Kier alpha value is -0.660. The van der Waals surface area contributed by atoms with E-state index in [2.05, 4.69) is 5.32 Å². The van der Waals surface area contributed by atoms with Gasteiger partial charge in [0.05, 0.1) is 18.6 Å². The number of hydrogen-bond acceptors (Lipinski definition) is 6. The van der Waals surface area contributed by atoms with Gasteiger partial charge in [-0.05, 0) is 31.8 Å². The molecule has 0 bridgehead atoms. The monoisotopic (exact) mass is 290 g/mol. The first-order valence-electron chi connectivity index (χ1n) is 6.75. The fraction of sp³-hybridized carbons (Fsp3) is 0.917. The average Bonchev–Trinajstić information content (AvgIpc) is 2.41. The lowest BCUT2D eigenvalue weighted by Gasteiger charge is -2.36. The van der Waals surface area contributed by atoms with Gasteiger partial charge < -0.3 is 10.1 Å². The summed E-state index contributed by atoms with van der Waals surface area (Å²) < 4.78 is 28.1. The Morgan fingerprint density at radius 1 is 1.47 bits per heavy atom. The van der Waals surface area contributed by atoms with Gasteiger partial charge in [-0.2, -0.15) is 0 Å². The Kier molecular flexibility index (Phi) is 4.81. The maximum Gasteiger partial charge on any atom is 0.324 e. The molecular weight excluding hydrogens is 268 g/mol. The molecule has 2 fully saturated rings. The third-order valence-electron chi connectivity index (χ3n) is 3.91. The van der Waals surface area contributed by atoms with Gasteiger partial charge in [0, 0.05) is 13.1 Å². The predicted octanol–water partition coefficient (Wildman–Crippen LogP) is -0.742. The van der Waals surface area contributed by atoms with Crippen LogP contribution in [0.2, 0.25) is 0 Å². The SMILES string of the molecule is COC(=O)[C@@H]1CS(=O)(=O)CCN1CC1CCCNC1. The van der Waals surface area contributed by atoms with Crippen LogP contribution >= 0.6 is 0 Å². The van der Waals surface area contributed by atoms with Gasteiger partial charge in [-0.3, -0.25) is 9.69 Å². The second-order valence-corrected chi connectivity index (χ2v) is 7.59. The molecule has 2 heterocycles. The lowest BCUT2D eigenvalue weighted by Crippen LogP contribution is -2.55. The Bertz CT molecular complexity index is 417. The van der Waals surface area contributed by atoms with E-state index in [1.807, 2.05) is 4.90 Å². The maximum absolute atomic E-state index is 11.8. The average molecular weight is 290 g/mol. The highest BCUT2D eigenvalue weighted by Gasteiger charge is 2.37. The summed E-state index contributed by atoms with van der Waals surface area (Å²) in [6.07, 6.45) is 2.27. The van der Waals surface area contributed by atoms with Crippen LogP contribution in [0.1, 0.15) is 12.8 Å². The van der Waals surface area contributed by atoms with E-state index in [4.69, 9.17) is 4.74 Å². The summed E-state index contributed by atoms with van der Waals surface area (Å²) in [5.41, 5.74) is 0. The fourth-order valence-electron chi connectivity index (χ4n) is 2.82. The Morgan fingerprint density at radius 3 is 2.89 bits per heavy atom. The molecule has 1 unspecified atom stereocenters. The largest absolute Gasteiger partial charge is 0.468 e. The predicted molar refractivity (Wildman–Crippen MR) is 71.6 cm³/mol. The van der Waals surface area contributed by atoms with Gasteiger partial charge in [-0.15, -0.1) is 0 Å². The molecule has 19 heavy (non-hydrogen) atoms. The normalized spacial score (nSPS) is 31.8. The van der Waals surface area contributed by atoms with Gasteiger partial charge in [-0.1, -0.05) is 0 Å².